The topological polar surface area (TPSA) is 12.9 Å². The van der Waals surface area contributed by atoms with Crippen LogP contribution >= 0.6 is 27.3 Å². The van der Waals surface area contributed by atoms with E-state index in [0.717, 1.165) is 11.3 Å². The standard InChI is InChI=1S/C4H4BrNS/c1-3-4(5)7-2-6-3/h2H,1H3/i1D3,2D. The molecule has 38 valence electrons. The first kappa shape index (κ1) is 2.15. The third-order valence-electron chi connectivity index (χ3n) is 0.479. The van der Waals surface area contributed by atoms with Crippen molar-refractivity contribution in [2.24, 2.45) is 0 Å². The van der Waals surface area contributed by atoms with Crippen molar-refractivity contribution in [2.75, 3.05) is 0 Å². The quantitative estimate of drug-likeness (QED) is 0.599. The van der Waals surface area contributed by atoms with Crippen LogP contribution in [0.3, 0.4) is 0 Å². The van der Waals surface area contributed by atoms with Crippen molar-refractivity contribution in [1.82, 2.24) is 4.98 Å². The summed E-state index contributed by atoms with van der Waals surface area (Å²) >= 11 is 4.04. The van der Waals surface area contributed by atoms with Crippen molar-refractivity contribution in [1.29, 1.82) is 0 Å². The van der Waals surface area contributed by atoms with E-state index in [1.54, 1.807) is 0 Å². The van der Waals surface area contributed by atoms with Crippen LogP contribution in [0, 0.1) is 6.85 Å². The summed E-state index contributed by atoms with van der Waals surface area (Å²) in [5.74, 6) is 0. The molecule has 0 aliphatic heterocycles. The number of hydrogen-bond acceptors (Lipinski definition) is 2. The van der Waals surface area contributed by atoms with Gasteiger partial charge in [-0.25, -0.2) is 4.98 Å². The van der Waals surface area contributed by atoms with E-state index in [9.17, 15) is 0 Å². The molecule has 1 rings (SSSR count). The van der Waals surface area contributed by atoms with Gasteiger partial charge in [0.15, 0.2) is 0 Å². The van der Waals surface area contributed by atoms with Crippen molar-refractivity contribution in [3.8, 4) is 0 Å². The van der Waals surface area contributed by atoms with Crippen LogP contribution in [0.4, 0.5) is 0 Å². The molecule has 1 aromatic heterocycles. The SMILES string of the molecule is [2H]c1nc(C([2H])([2H])[2H])c(Br)s1. The van der Waals surface area contributed by atoms with Crippen LogP contribution in [0.2, 0.25) is 0 Å². The van der Waals surface area contributed by atoms with Crippen LogP contribution in [-0.2, 0) is 0 Å². The molecule has 0 fully saturated rings. The normalized spacial score (nSPS) is 19.6. The van der Waals surface area contributed by atoms with Gasteiger partial charge < -0.3 is 0 Å². The maximum atomic E-state index is 7.06. The van der Waals surface area contributed by atoms with E-state index in [1.807, 2.05) is 0 Å². The first-order valence-corrected chi connectivity index (χ1v) is 3.15. The number of rotatable bonds is 0. The number of nitrogens with zero attached hydrogens (tertiary/aromatic N) is 1. The van der Waals surface area contributed by atoms with E-state index in [1.165, 1.54) is 0 Å². The van der Waals surface area contributed by atoms with Gasteiger partial charge in [0.2, 0.25) is 0 Å². The van der Waals surface area contributed by atoms with Gasteiger partial charge in [0.05, 0.1) is 16.3 Å². The highest BCUT2D eigenvalue weighted by molar-refractivity contribution is 9.11. The Morgan fingerprint density at radius 1 is 2.29 bits per heavy atom. The number of aryl methyl sites for hydroxylation is 1. The zero-order valence-electron chi connectivity index (χ0n) is 7.23. The van der Waals surface area contributed by atoms with Crippen molar-refractivity contribution < 1.29 is 5.48 Å². The number of halogens is 1. The monoisotopic (exact) mass is 181 g/mol. The molecule has 1 nitrogen and oxygen atoms in total. The molecule has 1 heterocycles. The van der Waals surface area contributed by atoms with Crippen molar-refractivity contribution >= 4 is 27.3 Å². The highest BCUT2D eigenvalue weighted by atomic mass is 79.9. The van der Waals surface area contributed by atoms with E-state index >= 15 is 0 Å². The highest BCUT2D eigenvalue weighted by Gasteiger charge is 1.91. The van der Waals surface area contributed by atoms with E-state index in [0.29, 0.717) is 3.79 Å². The van der Waals surface area contributed by atoms with Crippen LogP contribution < -0.4 is 0 Å². The Kier molecular flexibility index (Phi) is 0.591. The highest BCUT2D eigenvalue weighted by Crippen LogP contribution is 2.18. The fourth-order valence-electron chi connectivity index (χ4n) is 0.201. The molecular weight excluding hydrogens is 174 g/mol. The molecular formula is C4H4BrNS. The van der Waals surface area contributed by atoms with Crippen LogP contribution in [0.25, 0.3) is 0 Å². The van der Waals surface area contributed by atoms with E-state index in [4.69, 9.17) is 5.48 Å². The summed E-state index contributed by atoms with van der Waals surface area (Å²) in [6.45, 7) is -2.21. The van der Waals surface area contributed by atoms with Gasteiger partial charge in [-0.1, -0.05) is 0 Å². The van der Waals surface area contributed by atoms with Gasteiger partial charge in [0.1, 0.15) is 0 Å². The number of hydrogen-bond donors (Lipinski definition) is 0. The molecule has 0 radical (unpaired) electrons. The predicted octanol–water partition coefficient (Wildman–Crippen LogP) is 2.21. The van der Waals surface area contributed by atoms with Crippen molar-refractivity contribution in [3.05, 3.63) is 15.0 Å². The largest absolute Gasteiger partial charge is 0.249 e. The molecule has 0 spiro atoms. The minimum absolute atomic E-state index is 0.0167. The third kappa shape index (κ3) is 1.01. The van der Waals surface area contributed by atoms with Crippen molar-refractivity contribution in [3.63, 3.8) is 0 Å². The third-order valence-corrected chi connectivity index (χ3v) is 1.90. The van der Waals surface area contributed by atoms with Gasteiger partial charge in [0.25, 0.3) is 0 Å². The molecule has 1 aromatic rings. The second kappa shape index (κ2) is 1.92. The minimum atomic E-state index is -2.21. The Morgan fingerprint density at radius 2 is 3.14 bits per heavy atom. The zero-order chi connectivity index (χ0) is 8.65. The van der Waals surface area contributed by atoms with Crippen LogP contribution in [0.1, 0.15) is 11.2 Å². The molecule has 3 heteroatoms. The molecule has 0 unspecified atom stereocenters. The van der Waals surface area contributed by atoms with E-state index in [-0.39, 0.29) is 11.2 Å². The molecule has 0 bridgehead atoms. The average molecular weight is 182 g/mol. The smallest absolute Gasteiger partial charge is 0.0960 e. The Morgan fingerprint density at radius 3 is 3.43 bits per heavy atom. The van der Waals surface area contributed by atoms with Crippen LogP contribution in [0.5, 0.6) is 0 Å². The summed E-state index contributed by atoms with van der Waals surface area (Å²) in [5, 5.41) is 0. The molecule has 0 atom stereocenters. The molecule has 0 aliphatic carbocycles. The second-order valence-corrected chi connectivity index (χ2v) is 3.04. The lowest BCUT2D eigenvalue weighted by atomic mass is 10.6. The summed E-state index contributed by atoms with van der Waals surface area (Å²) in [6.07, 6.45) is 0. The first-order valence-electron chi connectivity index (χ1n) is 3.54. The van der Waals surface area contributed by atoms with Gasteiger partial charge >= 0.3 is 0 Å². The summed E-state index contributed by atoms with van der Waals surface area (Å²) in [6, 6.07) is 0. The summed E-state index contributed by atoms with van der Waals surface area (Å²) < 4.78 is 28.5. The fraction of sp³-hybridized carbons (Fsp3) is 0.250. The summed E-state index contributed by atoms with van der Waals surface area (Å²) in [7, 11) is 0. The van der Waals surface area contributed by atoms with E-state index < -0.39 is 6.85 Å². The van der Waals surface area contributed by atoms with Gasteiger partial charge in [-0.05, 0) is 22.8 Å². The lowest BCUT2D eigenvalue weighted by molar-refractivity contribution is 1.25. The van der Waals surface area contributed by atoms with Crippen LogP contribution in [0.15, 0.2) is 9.27 Å². The molecule has 0 aromatic carbocycles. The Labute approximate surface area is 60.1 Å². The average Bonchev–Trinajstić information content (AvgIpc) is 2.08. The van der Waals surface area contributed by atoms with E-state index in [2.05, 4.69) is 20.9 Å². The Hall–Kier alpha value is 0.110. The molecule has 0 aliphatic rings. The van der Waals surface area contributed by atoms with Crippen LogP contribution in [-0.4, -0.2) is 4.98 Å². The lowest BCUT2D eigenvalue weighted by Gasteiger charge is -1.75. The molecule has 0 N–H and O–H groups in total. The van der Waals surface area contributed by atoms with Gasteiger partial charge in [-0.15, -0.1) is 11.3 Å². The Balaban J connectivity index is 3.13. The van der Waals surface area contributed by atoms with Gasteiger partial charge in [0, 0.05) is 4.11 Å². The fourth-order valence-corrected chi connectivity index (χ4v) is 0.866. The maximum absolute atomic E-state index is 7.06. The second-order valence-electron chi connectivity index (χ2n) is 0.927. The number of thiazole rings is 1. The predicted molar refractivity (Wildman–Crippen MR) is 34.6 cm³/mol. The zero-order valence-corrected chi connectivity index (χ0v) is 5.64. The lowest BCUT2D eigenvalue weighted by Crippen LogP contribution is -1.64. The van der Waals surface area contributed by atoms with Crippen molar-refractivity contribution in [2.45, 2.75) is 6.85 Å². The maximum Gasteiger partial charge on any atom is 0.0960 e. The first-order chi connectivity index (χ1) is 4.91. The number of aromatic nitrogens is 1. The molecule has 0 amide bonds. The Bertz CT molecular complexity index is 268. The molecule has 0 saturated heterocycles. The van der Waals surface area contributed by atoms with Gasteiger partial charge in [-0.3, -0.25) is 0 Å². The van der Waals surface area contributed by atoms with Gasteiger partial charge in [-0.2, -0.15) is 0 Å². The minimum Gasteiger partial charge on any atom is -0.249 e. The summed E-state index contributed by atoms with van der Waals surface area (Å²) in [4.78, 5) is 3.56. The molecule has 0 saturated carbocycles. The summed E-state index contributed by atoms with van der Waals surface area (Å²) in [5.41, 5.74) is -0.00417. The molecule has 7 heavy (non-hydrogen) atoms.